The molecule has 2 unspecified atom stereocenters. The van der Waals surface area contributed by atoms with E-state index >= 15 is 0 Å². The SMILES string of the molecule is CCCOCCOCCOC/C(=C/NCCC1CCCC(C)O1)NN. The van der Waals surface area contributed by atoms with Crippen molar-refractivity contribution in [2.45, 2.75) is 58.2 Å². The van der Waals surface area contributed by atoms with E-state index in [-0.39, 0.29) is 0 Å². The Bertz CT molecular complexity index is 342. The molecule has 0 spiro atoms. The molecule has 4 N–H and O–H groups in total. The van der Waals surface area contributed by atoms with Crippen molar-refractivity contribution in [1.82, 2.24) is 10.7 Å². The highest BCUT2D eigenvalue weighted by molar-refractivity contribution is 4.96. The van der Waals surface area contributed by atoms with Crippen LogP contribution in [0.2, 0.25) is 0 Å². The molecule has 1 heterocycles. The van der Waals surface area contributed by atoms with Gasteiger partial charge >= 0.3 is 0 Å². The number of hydrazine groups is 1. The molecule has 0 bridgehead atoms. The van der Waals surface area contributed by atoms with Crippen LogP contribution in [0.5, 0.6) is 0 Å². The zero-order valence-electron chi connectivity index (χ0n) is 15.9. The lowest BCUT2D eigenvalue weighted by Gasteiger charge is -2.27. The predicted octanol–water partition coefficient (Wildman–Crippen LogP) is 1.69. The lowest BCUT2D eigenvalue weighted by molar-refractivity contribution is -0.0424. The van der Waals surface area contributed by atoms with Crippen LogP contribution < -0.4 is 16.6 Å². The second-order valence-corrected chi connectivity index (χ2v) is 6.33. The average molecular weight is 360 g/mol. The third-order valence-corrected chi connectivity index (χ3v) is 3.98. The Labute approximate surface area is 152 Å². The summed E-state index contributed by atoms with van der Waals surface area (Å²) >= 11 is 0. The fourth-order valence-corrected chi connectivity index (χ4v) is 2.64. The normalized spacial score (nSPS) is 21.3. The minimum atomic E-state index is 0.369. The molecule has 7 heteroatoms. The second kappa shape index (κ2) is 15.4. The molecule has 1 aliphatic rings. The van der Waals surface area contributed by atoms with Gasteiger partial charge < -0.3 is 29.7 Å². The summed E-state index contributed by atoms with van der Waals surface area (Å²) in [5.41, 5.74) is 3.46. The summed E-state index contributed by atoms with van der Waals surface area (Å²) in [4.78, 5) is 0. The Balaban J connectivity index is 1.98. The number of hydrogen-bond donors (Lipinski definition) is 3. The summed E-state index contributed by atoms with van der Waals surface area (Å²) in [6, 6.07) is 0. The van der Waals surface area contributed by atoms with E-state index in [2.05, 4.69) is 24.6 Å². The van der Waals surface area contributed by atoms with Gasteiger partial charge in [-0.1, -0.05) is 6.92 Å². The first kappa shape index (κ1) is 22.2. The molecule has 0 saturated carbocycles. The fourth-order valence-electron chi connectivity index (χ4n) is 2.64. The van der Waals surface area contributed by atoms with Crippen molar-refractivity contribution in [3.8, 4) is 0 Å². The number of nitrogens with two attached hydrogens (primary N) is 1. The minimum absolute atomic E-state index is 0.369. The van der Waals surface area contributed by atoms with Gasteiger partial charge in [0.05, 0.1) is 50.9 Å². The third kappa shape index (κ3) is 12.2. The van der Waals surface area contributed by atoms with E-state index in [1.54, 1.807) is 0 Å². The molecular formula is C18H37N3O4. The van der Waals surface area contributed by atoms with E-state index in [1.807, 2.05) is 6.20 Å². The topological polar surface area (TPSA) is 87.0 Å². The van der Waals surface area contributed by atoms with Gasteiger partial charge in [0, 0.05) is 19.4 Å². The zero-order valence-corrected chi connectivity index (χ0v) is 15.9. The molecule has 1 aliphatic heterocycles. The van der Waals surface area contributed by atoms with E-state index in [0.717, 1.165) is 38.1 Å². The maximum Gasteiger partial charge on any atom is 0.0891 e. The van der Waals surface area contributed by atoms with E-state index in [4.69, 9.17) is 24.8 Å². The number of rotatable bonds is 15. The van der Waals surface area contributed by atoms with Gasteiger partial charge in [-0.3, -0.25) is 5.84 Å². The summed E-state index contributed by atoms with van der Waals surface area (Å²) in [6.07, 6.45) is 8.27. The van der Waals surface area contributed by atoms with Crippen LogP contribution in [0, 0.1) is 0 Å². The van der Waals surface area contributed by atoms with E-state index in [0.29, 0.717) is 45.2 Å². The van der Waals surface area contributed by atoms with Crippen molar-refractivity contribution < 1.29 is 18.9 Å². The average Bonchev–Trinajstić information content (AvgIpc) is 2.62. The van der Waals surface area contributed by atoms with Gasteiger partial charge in [-0.2, -0.15) is 0 Å². The molecule has 0 amide bonds. The van der Waals surface area contributed by atoms with Crippen molar-refractivity contribution in [2.75, 3.05) is 46.2 Å². The molecule has 0 aromatic rings. The molecular weight excluding hydrogens is 322 g/mol. The molecule has 0 aliphatic carbocycles. The quantitative estimate of drug-likeness (QED) is 0.233. The van der Waals surface area contributed by atoms with Gasteiger partial charge in [-0.05, 0) is 39.0 Å². The molecule has 1 saturated heterocycles. The molecule has 0 aromatic heterocycles. The largest absolute Gasteiger partial charge is 0.389 e. The van der Waals surface area contributed by atoms with Crippen LogP contribution in [0.25, 0.3) is 0 Å². The second-order valence-electron chi connectivity index (χ2n) is 6.33. The standard InChI is InChI=1S/C18H37N3O4/c1-3-9-22-10-11-23-12-13-24-15-17(21-19)14-20-8-7-18-6-4-5-16(2)25-18/h14,16,18,20-21H,3-13,15,19H2,1-2H3/b17-14-. The third-order valence-electron chi connectivity index (χ3n) is 3.98. The van der Waals surface area contributed by atoms with Gasteiger partial charge in [0.15, 0.2) is 0 Å². The highest BCUT2D eigenvalue weighted by Crippen LogP contribution is 2.20. The first-order chi connectivity index (χ1) is 12.3. The van der Waals surface area contributed by atoms with Crippen molar-refractivity contribution in [1.29, 1.82) is 0 Å². The number of hydrogen-bond acceptors (Lipinski definition) is 7. The van der Waals surface area contributed by atoms with Crippen LogP contribution in [0.4, 0.5) is 0 Å². The van der Waals surface area contributed by atoms with Crippen LogP contribution in [0.1, 0.15) is 46.0 Å². The fraction of sp³-hybridized carbons (Fsp3) is 0.889. The molecule has 25 heavy (non-hydrogen) atoms. The summed E-state index contributed by atoms with van der Waals surface area (Å²) < 4.78 is 22.2. The van der Waals surface area contributed by atoms with Crippen LogP contribution in [-0.2, 0) is 18.9 Å². The van der Waals surface area contributed by atoms with Gasteiger partial charge in [0.25, 0.3) is 0 Å². The van der Waals surface area contributed by atoms with E-state index < -0.39 is 0 Å². The molecule has 0 radical (unpaired) electrons. The maximum absolute atomic E-state index is 5.90. The number of nitrogens with one attached hydrogen (secondary N) is 2. The Morgan fingerprint density at radius 3 is 2.52 bits per heavy atom. The molecule has 7 nitrogen and oxygen atoms in total. The Hall–Kier alpha value is -0.860. The molecule has 1 fully saturated rings. The Kier molecular flexibility index (Phi) is 13.7. The minimum Gasteiger partial charge on any atom is -0.389 e. The molecule has 148 valence electrons. The van der Waals surface area contributed by atoms with Crippen molar-refractivity contribution in [3.63, 3.8) is 0 Å². The van der Waals surface area contributed by atoms with E-state index in [9.17, 15) is 0 Å². The monoisotopic (exact) mass is 359 g/mol. The Morgan fingerprint density at radius 2 is 1.84 bits per heavy atom. The van der Waals surface area contributed by atoms with Gasteiger partial charge in [-0.25, -0.2) is 0 Å². The summed E-state index contributed by atoms with van der Waals surface area (Å²) in [7, 11) is 0. The molecule has 1 rings (SSSR count). The van der Waals surface area contributed by atoms with Gasteiger partial charge in [-0.15, -0.1) is 0 Å². The summed E-state index contributed by atoms with van der Waals surface area (Å²) in [5.74, 6) is 5.51. The van der Waals surface area contributed by atoms with Crippen molar-refractivity contribution >= 4 is 0 Å². The van der Waals surface area contributed by atoms with E-state index in [1.165, 1.54) is 12.8 Å². The predicted molar refractivity (Wildman–Crippen MR) is 99.0 cm³/mol. The number of ether oxygens (including phenoxy) is 4. The smallest absolute Gasteiger partial charge is 0.0891 e. The van der Waals surface area contributed by atoms with Gasteiger partial charge in [0.1, 0.15) is 0 Å². The Morgan fingerprint density at radius 1 is 1.12 bits per heavy atom. The molecule has 2 atom stereocenters. The first-order valence-electron chi connectivity index (χ1n) is 9.54. The highest BCUT2D eigenvalue weighted by atomic mass is 16.5. The lowest BCUT2D eigenvalue weighted by Crippen LogP contribution is -2.29. The lowest BCUT2D eigenvalue weighted by atomic mass is 10.0. The van der Waals surface area contributed by atoms with Crippen molar-refractivity contribution in [2.24, 2.45) is 5.84 Å². The zero-order chi connectivity index (χ0) is 18.2. The summed E-state index contributed by atoms with van der Waals surface area (Å²) in [6.45, 7) is 8.63. The van der Waals surface area contributed by atoms with Crippen molar-refractivity contribution in [3.05, 3.63) is 11.9 Å². The highest BCUT2D eigenvalue weighted by Gasteiger charge is 2.18. The molecule has 0 aromatic carbocycles. The van der Waals surface area contributed by atoms with Gasteiger partial charge in [0.2, 0.25) is 0 Å². The first-order valence-corrected chi connectivity index (χ1v) is 9.54. The van der Waals surface area contributed by atoms with Crippen LogP contribution in [-0.4, -0.2) is 58.4 Å². The van der Waals surface area contributed by atoms with Crippen LogP contribution in [0.15, 0.2) is 11.9 Å². The van der Waals surface area contributed by atoms with Crippen LogP contribution >= 0.6 is 0 Å². The summed E-state index contributed by atoms with van der Waals surface area (Å²) in [5, 5.41) is 3.27. The maximum atomic E-state index is 5.90. The van der Waals surface area contributed by atoms with Crippen LogP contribution in [0.3, 0.4) is 0 Å².